The summed E-state index contributed by atoms with van der Waals surface area (Å²) in [5.74, 6) is -0.224. The molecule has 0 unspecified atom stereocenters. The zero-order chi connectivity index (χ0) is 11.7. The van der Waals surface area contributed by atoms with Crippen molar-refractivity contribution in [1.29, 1.82) is 0 Å². The van der Waals surface area contributed by atoms with Crippen molar-refractivity contribution in [3.63, 3.8) is 0 Å². The molecule has 0 aromatic heterocycles. The Balaban J connectivity index is 2.68. The Bertz CT molecular complexity index is 517. The molecule has 0 saturated carbocycles. The van der Waals surface area contributed by atoms with E-state index < -0.39 is 0 Å². The molecule has 16 heavy (non-hydrogen) atoms. The fourth-order valence-corrected chi connectivity index (χ4v) is 2.74. The first kappa shape index (κ1) is 11.9. The quantitative estimate of drug-likeness (QED) is 0.633. The third kappa shape index (κ3) is 2.23. The van der Waals surface area contributed by atoms with Gasteiger partial charge in [0.05, 0.1) is 0 Å². The van der Waals surface area contributed by atoms with Gasteiger partial charge in [0.15, 0.2) is 0 Å². The maximum absolute atomic E-state index is 13.0. The summed E-state index contributed by atoms with van der Waals surface area (Å²) in [4.78, 5) is 0. The van der Waals surface area contributed by atoms with Gasteiger partial charge in [0, 0.05) is 14.2 Å². The Hall–Kier alpha value is -0.610. The van der Waals surface area contributed by atoms with E-state index in [0.29, 0.717) is 5.02 Å². The molecule has 0 spiro atoms. The topological polar surface area (TPSA) is 0 Å². The van der Waals surface area contributed by atoms with Crippen LogP contribution in [0.5, 0.6) is 0 Å². The van der Waals surface area contributed by atoms with E-state index in [0.717, 1.165) is 20.3 Å². The van der Waals surface area contributed by atoms with E-state index in [1.165, 1.54) is 12.1 Å². The molecule has 0 aliphatic heterocycles. The molecule has 0 heterocycles. The van der Waals surface area contributed by atoms with Crippen LogP contribution in [0.25, 0.3) is 11.1 Å². The average molecular weight is 347 g/mol. The summed E-state index contributed by atoms with van der Waals surface area (Å²) >= 11 is 8.30. The molecule has 2 aromatic rings. The fourth-order valence-electron chi connectivity index (χ4n) is 1.67. The lowest BCUT2D eigenvalue weighted by Gasteiger charge is -2.10. The van der Waals surface area contributed by atoms with Gasteiger partial charge >= 0.3 is 0 Å². The van der Waals surface area contributed by atoms with Gasteiger partial charge in [-0.3, -0.25) is 0 Å². The number of hydrogen-bond acceptors (Lipinski definition) is 0. The molecule has 0 nitrogen and oxygen atoms in total. The average Bonchev–Trinajstić information content (AvgIpc) is 2.20. The molecule has 0 radical (unpaired) electrons. The molecule has 0 saturated heterocycles. The lowest BCUT2D eigenvalue weighted by atomic mass is 10.0. The minimum Gasteiger partial charge on any atom is -0.207 e. The zero-order valence-electron chi connectivity index (χ0n) is 8.60. The van der Waals surface area contributed by atoms with E-state index in [4.69, 9.17) is 11.6 Å². The molecule has 0 atom stereocenters. The third-order valence-electron chi connectivity index (χ3n) is 2.42. The van der Waals surface area contributed by atoms with Gasteiger partial charge in [0.1, 0.15) is 5.82 Å². The molecule has 0 aliphatic carbocycles. The van der Waals surface area contributed by atoms with Gasteiger partial charge < -0.3 is 0 Å². The van der Waals surface area contributed by atoms with E-state index in [-0.39, 0.29) is 5.82 Å². The summed E-state index contributed by atoms with van der Waals surface area (Å²) < 4.78 is 13.9. The SMILES string of the molecule is Cc1cccc(Cl)c1-c1ccc(F)cc1I. The molecule has 0 bridgehead atoms. The van der Waals surface area contributed by atoms with Crippen LogP contribution >= 0.6 is 34.2 Å². The monoisotopic (exact) mass is 346 g/mol. The van der Waals surface area contributed by atoms with Crippen LogP contribution in [0.4, 0.5) is 4.39 Å². The number of aryl methyl sites for hydroxylation is 1. The highest BCUT2D eigenvalue weighted by Gasteiger charge is 2.10. The third-order valence-corrected chi connectivity index (χ3v) is 3.63. The summed E-state index contributed by atoms with van der Waals surface area (Å²) in [5.41, 5.74) is 3.05. The van der Waals surface area contributed by atoms with Crippen molar-refractivity contribution in [1.82, 2.24) is 0 Å². The van der Waals surface area contributed by atoms with Crippen molar-refractivity contribution in [3.05, 3.63) is 56.4 Å². The highest BCUT2D eigenvalue weighted by molar-refractivity contribution is 14.1. The first-order chi connectivity index (χ1) is 7.59. The minimum atomic E-state index is -0.224. The molecule has 2 rings (SSSR count). The van der Waals surface area contributed by atoms with Gasteiger partial charge in [-0.15, -0.1) is 0 Å². The van der Waals surface area contributed by atoms with Crippen molar-refractivity contribution in [3.8, 4) is 11.1 Å². The Morgan fingerprint density at radius 3 is 2.56 bits per heavy atom. The van der Waals surface area contributed by atoms with Crippen LogP contribution in [0.2, 0.25) is 5.02 Å². The van der Waals surface area contributed by atoms with Crippen molar-refractivity contribution in [2.75, 3.05) is 0 Å². The van der Waals surface area contributed by atoms with Crippen LogP contribution < -0.4 is 0 Å². The zero-order valence-corrected chi connectivity index (χ0v) is 11.5. The van der Waals surface area contributed by atoms with Crippen LogP contribution in [0.15, 0.2) is 36.4 Å². The van der Waals surface area contributed by atoms with E-state index in [1.54, 1.807) is 6.07 Å². The normalized spacial score (nSPS) is 10.5. The van der Waals surface area contributed by atoms with Crippen molar-refractivity contribution in [2.24, 2.45) is 0 Å². The molecular formula is C13H9ClFI. The summed E-state index contributed by atoms with van der Waals surface area (Å²) in [7, 11) is 0. The van der Waals surface area contributed by atoms with E-state index >= 15 is 0 Å². The van der Waals surface area contributed by atoms with E-state index in [2.05, 4.69) is 22.6 Å². The highest BCUT2D eigenvalue weighted by atomic mass is 127. The largest absolute Gasteiger partial charge is 0.207 e. The molecule has 0 fully saturated rings. The number of hydrogen-bond donors (Lipinski definition) is 0. The first-order valence-corrected chi connectivity index (χ1v) is 6.26. The summed E-state index contributed by atoms with van der Waals surface area (Å²) in [6, 6.07) is 10.5. The lowest BCUT2D eigenvalue weighted by molar-refractivity contribution is 0.627. The van der Waals surface area contributed by atoms with Gasteiger partial charge in [-0.25, -0.2) is 4.39 Å². The van der Waals surface area contributed by atoms with Crippen LogP contribution in [0.1, 0.15) is 5.56 Å². The maximum Gasteiger partial charge on any atom is 0.124 e. The lowest BCUT2D eigenvalue weighted by Crippen LogP contribution is -1.89. The molecule has 0 aliphatic rings. The van der Waals surface area contributed by atoms with E-state index in [9.17, 15) is 4.39 Å². The Morgan fingerprint density at radius 2 is 1.94 bits per heavy atom. The summed E-state index contributed by atoms with van der Waals surface area (Å²) in [6.07, 6.45) is 0. The van der Waals surface area contributed by atoms with Crippen molar-refractivity contribution >= 4 is 34.2 Å². The smallest absolute Gasteiger partial charge is 0.124 e. The second-order valence-corrected chi connectivity index (χ2v) is 5.13. The molecular weight excluding hydrogens is 337 g/mol. The van der Waals surface area contributed by atoms with Gasteiger partial charge in [0.2, 0.25) is 0 Å². The second kappa shape index (κ2) is 4.72. The van der Waals surface area contributed by atoms with Gasteiger partial charge in [0.25, 0.3) is 0 Å². The van der Waals surface area contributed by atoms with Gasteiger partial charge in [-0.2, -0.15) is 0 Å². The summed E-state index contributed by atoms with van der Waals surface area (Å²) in [5, 5.41) is 0.699. The van der Waals surface area contributed by atoms with Crippen LogP contribution in [-0.4, -0.2) is 0 Å². The highest BCUT2D eigenvalue weighted by Crippen LogP contribution is 2.34. The molecule has 3 heteroatoms. The second-order valence-electron chi connectivity index (χ2n) is 3.56. The van der Waals surface area contributed by atoms with E-state index in [1.807, 2.05) is 25.1 Å². The predicted molar refractivity (Wildman–Crippen MR) is 74.3 cm³/mol. The van der Waals surface area contributed by atoms with Crippen LogP contribution in [-0.2, 0) is 0 Å². The van der Waals surface area contributed by atoms with Crippen molar-refractivity contribution < 1.29 is 4.39 Å². The van der Waals surface area contributed by atoms with Gasteiger partial charge in [-0.1, -0.05) is 29.8 Å². The first-order valence-electron chi connectivity index (χ1n) is 4.80. The number of rotatable bonds is 1. The van der Waals surface area contributed by atoms with Crippen LogP contribution in [0, 0.1) is 16.3 Å². The predicted octanol–water partition coefficient (Wildman–Crippen LogP) is 5.06. The molecule has 2 aromatic carbocycles. The Morgan fingerprint density at radius 1 is 1.19 bits per heavy atom. The standard InChI is InChI=1S/C13H9ClFI/c1-8-3-2-4-11(14)13(8)10-6-5-9(15)7-12(10)16/h2-7H,1H3. The molecule has 0 N–H and O–H groups in total. The number of benzene rings is 2. The Labute approximate surface area is 113 Å². The van der Waals surface area contributed by atoms with Crippen LogP contribution in [0.3, 0.4) is 0 Å². The fraction of sp³-hybridized carbons (Fsp3) is 0.0769. The number of halogens is 3. The Kier molecular flexibility index (Phi) is 3.50. The van der Waals surface area contributed by atoms with Gasteiger partial charge in [-0.05, 0) is 58.8 Å². The molecule has 82 valence electrons. The summed E-state index contributed by atoms with van der Waals surface area (Å²) in [6.45, 7) is 2.00. The minimum absolute atomic E-state index is 0.224. The van der Waals surface area contributed by atoms with Crippen molar-refractivity contribution in [2.45, 2.75) is 6.92 Å². The molecule has 0 amide bonds. The maximum atomic E-state index is 13.0.